The fraction of sp³-hybridized carbons (Fsp3) is 0.591. The molecule has 7 heteroatoms. The second-order valence-electron chi connectivity index (χ2n) is 7.36. The summed E-state index contributed by atoms with van der Waals surface area (Å²) in [5.74, 6) is -1.09. The van der Waals surface area contributed by atoms with Gasteiger partial charge in [-0.15, -0.1) is 0 Å². The van der Waals surface area contributed by atoms with Gasteiger partial charge in [-0.05, 0) is 17.9 Å². The summed E-state index contributed by atoms with van der Waals surface area (Å²) in [7, 11) is 1.30. The van der Waals surface area contributed by atoms with Crippen molar-refractivity contribution < 1.29 is 23.9 Å². The van der Waals surface area contributed by atoms with Crippen LogP contribution in [0.2, 0.25) is 0 Å². The van der Waals surface area contributed by atoms with E-state index in [1.54, 1.807) is 0 Å². The van der Waals surface area contributed by atoms with Gasteiger partial charge in [0.05, 0.1) is 7.11 Å². The van der Waals surface area contributed by atoms with Crippen molar-refractivity contribution in [2.45, 2.75) is 71.6 Å². The van der Waals surface area contributed by atoms with Crippen molar-refractivity contribution in [3.63, 3.8) is 0 Å². The molecule has 2 N–H and O–H groups in total. The molecule has 7 nitrogen and oxygen atoms in total. The quantitative estimate of drug-likeness (QED) is 0.409. The van der Waals surface area contributed by atoms with Crippen molar-refractivity contribution in [2.75, 3.05) is 7.11 Å². The Kier molecular flexibility index (Phi) is 11.5. The zero-order valence-electron chi connectivity index (χ0n) is 17.9. The standard InChI is InChI=1S/C22H34N2O5/c1-5-6-7-11-14-18(21(26)28-4)23-20(25)19(16(2)3)24-22(27)29-15-17-12-9-8-10-13-17/h8-10,12-13,16,18-19H,5-7,11,14-15H2,1-4H3,(H,23,25)(H,24,27)/t18-,19-/m1/s1. The lowest BCUT2D eigenvalue weighted by Gasteiger charge is -2.24. The predicted octanol–water partition coefficient (Wildman–Crippen LogP) is 3.57. The van der Waals surface area contributed by atoms with Crippen LogP contribution in [0.25, 0.3) is 0 Å². The molecule has 2 atom stereocenters. The maximum Gasteiger partial charge on any atom is 0.408 e. The van der Waals surface area contributed by atoms with Gasteiger partial charge < -0.3 is 20.1 Å². The highest BCUT2D eigenvalue weighted by Gasteiger charge is 2.29. The van der Waals surface area contributed by atoms with E-state index in [1.165, 1.54) is 7.11 Å². The lowest BCUT2D eigenvalue weighted by molar-refractivity contribution is -0.145. The van der Waals surface area contributed by atoms with E-state index in [0.717, 1.165) is 31.2 Å². The van der Waals surface area contributed by atoms with Crippen LogP contribution >= 0.6 is 0 Å². The zero-order chi connectivity index (χ0) is 21.6. The summed E-state index contributed by atoms with van der Waals surface area (Å²) in [6, 6.07) is 7.73. The summed E-state index contributed by atoms with van der Waals surface area (Å²) in [6.45, 7) is 5.85. The molecule has 0 heterocycles. The van der Waals surface area contributed by atoms with Crippen molar-refractivity contribution >= 4 is 18.0 Å². The summed E-state index contributed by atoms with van der Waals surface area (Å²) in [4.78, 5) is 36.9. The smallest absolute Gasteiger partial charge is 0.408 e. The van der Waals surface area contributed by atoms with Gasteiger partial charge in [0.25, 0.3) is 0 Å². The minimum atomic E-state index is -0.818. The van der Waals surface area contributed by atoms with Gasteiger partial charge in [-0.1, -0.05) is 76.8 Å². The summed E-state index contributed by atoms with van der Waals surface area (Å²) in [6.07, 6.45) is 3.77. The van der Waals surface area contributed by atoms with Crippen LogP contribution in [0.5, 0.6) is 0 Å². The Morgan fingerprint density at radius 1 is 1.00 bits per heavy atom. The average Bonchev–Trinajstić information content (AvgIpc) is 2.72. The molecule has 0 fully saturated rings. The maximum atomic E-state index is 12.7. The van der Waals surface area contributed by atoms with E-state index < -0.39 is 30.1 Å². The van der Waals surface area contributed by atoms with Gasteiger partial charge in [0.1, 0.15) is 18.7 Å². The molecular weight excluding hydrogens is 372 g/mol. The molecule has 0 radical (unpaired) electrons. The molecule has 0 saturated carbocycles. The van der Waals surface area contributed by atoms with E-state index in [1.807, 2.05) is 44.2 Å². The van der Waals surface area contributed by atoms with Gasteiger partial charge in [0.2, 0.25) is 5.91 Å². The summed E-state index contributed by atoms with van der Waals surface area (Å²) < 4.78 is 10.0. The van der Waals surface area contributed by atoms with Crippen LogP contribution in [-0.4, -0.2) is 37.2 Å². The van der Waals surface area contributed by atoms with E-state index >= 15 is 0 Å². The second-order valence-corrected chi connectivity index (χ2v) is 7.36. The van der Waals surface area contributed by atoms with Gasteiger partial charge in [-0.3, -0.25) is 4.79 Å². The molecule has 1 aromatic rings. The minimum Gasteiger partial charge on any atom is -0.467 e. The number of carbonyl (C=O) groups is 3. The van der Waals surface area contributed by atoms with Crippen molar-refractivity contribution in [1.82, 2.24) is 10.6 Å². The largest absolute Gasteiger partial charge is 0.467 e. The van der Waals surface area contributed by atoms with Crippen molar-refractivity contribution in [2.24, 2.45) is 5.92 Å². The molecule has 0 saturated heterocycles. The first-order valence-electron chi connectivity index (χ1n) is 10.2. The first-order valence-corrected chi connectivity index (χ1v) is 10.2. The summed E-state index contributed by atoms with van der Waals surface area (Å²) in [5, 5.41) is 5.32. The number of nitrogens with one attached hydrogen (secondary N) is 2. The summed E-state index contributed by atoms with van der Waals surface area (Å²) >= 11 is 0. The first-order chi connectivity index (χ1) is 13.9. The van der Waals surface area contributed by atoms with Gasteiger partial charge in [0.15, 0.2) is 0 Å². The van der Waals surface area contributed by atoms with E-state index in [0.29, 0.717) is 6.42 Å². The fourth-order valence-electron chi connectivity index (χ4n) is 2.85. The van der Waals surface area contributed by atoms with E-state index in [-0.39, 0.29) is 12.5 Å². The van der Waals surface area contributed by atoms with E-state index in [9.17, 15) is 14.4 Å². The third-order valence-electron chi connectivity index (χ3n) is 4.58. The number of esters is 1. The van der Waals surface area contributed by atoms with Crippen molar-refractivity contribution in [3.05, 3.63) is 35.9 Å². The van der Waals surface area contributed by atoms with Crippen LogP contribution in [-0.2, 0) is 25.7 Å². The first kappa shape index (κ1) is 24.5. The normalized spacial score (nSPS) is 12.7. The van der Waals surface area contributed by atoms with E-state index in [2.05, 4.69) is 17.6 Å². The Hall–Kier alpha value is -2.57. The highest BCUT2D eigenvalue weighted by atomic mass is 16.5. The molecule has 1 aromatic carbocycles. The lowest BCUT2D eigenvalue weighted by Crippen LogP contribution is -2.53. The number of hydrogen-bond acceptors (Lipinski definition) is 5. The number of amides is 2. The molecule has 0 bridgehead atoms. The van der Waals surface area contributed by atoms with Crippen LogP contribution in [0.1, 0.15) is 58.4 Å². The number of rotatable bonds is 12. The average molecular weight is 407 g/mol. The zero-order valence-corrected chi connectivity index (χ0v) is 17.9. The maximum absolute atomic E-state index is 12.7. The van der Waals surface area contributed by atoms with Gasteiger partial charge in [-0.2, -0.15) is 0 Å². The van der Waals surface area contributed by atoms with Crippen LogP contribution in [0.4, 0.5) is 4.79 Å². The molecule has 0 aromatic heterocycles. The van der Waals surface area contributed by atoms with Crippen LogP contribution < -0.4 is 10.6 Å². The molecule has 162 valence electrons. The molecule has 0 unspecified atom stereocenters. The Morgan fingerprint density at radius 2 is 1.69 bits per heavy atom. The van der Waals surface area contributed by atoms with E-state index in [4.69, 9.17) is 9.47 Å². The third kappa shape index (κ3) is 9.45. The molecule has 0 spiro atoms. The SMILES string of the molecule is CCCCCC[C@@H](NC(=O)[C@H](NC(=O)OCc1ccccc1)C(C)C)C(=O)OC. The van der Waals surface area contributed by atoms with Gasteiger partial charge in [-0.25, -0.2) is 9.59 Å². The fourth-order valence-corrected chi connectivity index (χ4v) is 2.85. The van der Waals surface area contributed by atoms with Crippen LogP contribution in [0, 0.1) is 5.92 Å². The number of unbranched alkanes of at least 4 members (excludes halogenated alkanes) is 3. The Labute approximate surface area is 173 Å². The van der Waals surface area contributed by atoms with Crippen molar-refractivity contribution in [1.29, 1.82) is 0 Å². The Balaban J connectivity index is 2.63. The Morgan fingerprint density at radius 3 is 2.28 bits per heavy atom. The number of carbonyl (C=O) groups excluding carboxylic acids is 3. The number of methoxy groups -OCH3 is 1. The number of ether oxygens (including phenoxy) is 2. The monoisotopic (exact) mass is 406 g/mol. The number of hydrogen-bond donors (Lipinski definition) is 2. The van der Waals surface area contributed by atoms with Gasteiger partial charge >= 0.3 is 12.1 Å². The molecule has 2 amide bonds. The minimum absolute atomic E-state index is 0.112. The van der Waals surface area contributed by atoms with Gasteiger partial charge in [0, 0.05) is 0 Å². The molecule has 0 aliphatic heterocycles. The predicted molar refractivity (Wildman–Crippen MR) is 111 cm³/mol. The van der Waals surface area contributed by atoms with Crippen LogP contribution in [0.3, 0.4) is 0 Å². The summed E-state index contributed by atoms with van der Waals surface area (Å²) in [5.41, 5.74) is 0.853. The molecular formula is C22H34N2O5. The third-order valence-corrected chi connectivity index (χ3v) is 4.58. The molecule has 0 aliphatic carbocycles. The number of alkyl carbamates (subject to hydrolysis) is 1. The second kappa shape index (κ2) is 13.6. The highest BCUT2D eigenvalue weighted by molar-refractivity contribution is 5.89. The molecule has 1 rings (SSSR count). The van der Waals surface area contributed by atoms with Crippen molar-refractivity contribution in [3.8, 4) is 0 Å². The lowest BCUT2D eigenvalue weighted by atomic mass is 10.0. The molecule has 29 heavy (non-hydrogen) atoms. The topological polar surface area (TPSA) is 93.7 Å². The number of benzene rings is 1. The van der Waals surface area contributed by atoms with Crippen LogP contribution in [0.15, 0.2) is 30.3 Å². The highest BCUT2D eigenvalue weighted by Crippen LogP contribution is 2.09. The molecule has 0 aliphatic rings. The Bertz CT molecular complexity index is 633.